The van der Waals surface area contributed by atoms with Gasteiger partial charge in [0.25, 0.3) is 5.91 Å². The van der Waals surface area contributed by atoms with E-state index in [2.05, 4.69) is 5.32 Å². The second-order valence-electron chi connectivity index (χ2n) is 4.93. The number of rotatable bonds is 6. The van der Waals surface area contributed by atoms with Crippen LogP contribution < -0.4 is 14.8 Å². The standard InChI is InChI=1S/C18H15NO3S2/c20-17-16(24-18(23)19-17)12-13-6-8-15(9-7-13)22-11-10-21-14-4-2-1-3-5-14/h1-9,12H,10-11H2,(H,19,20,23)/b16-12+. The average Bonchev–Trinajstić information content (AvgIpc) is 2.91. The number of thioether (sulfide) groups is 1. The first-order valence-corrected chi connectivity index (χ1v) is 8.59. The monoisotopic (exact) mass is 357 g/mol. The molecule has 0 bridgehead atoms. The third kappa shape index (κ3) is 4.59. The number of thiocarbonyl (C=S) groups is 1. The summed E-state index contributed by atoms with van der Waals surface area (Å²) in [5, 5.41) is 2.59. The van der Waals surface area contributed by atoms with E-state index in [1.807, 2.05) is 60.7 Å². The Morgan fingerprint density at radius 3 is 2.17 bits per heavy atom. The minimum atomic E-state index is -0.150. The van der Waals surface area contributed by atoms with Crippen LogP contribution >= 0.6 is 24.0 Å². The Morgan fingerprint density at radius 2 is 1.58 bits per heavy atom. The van der Waals surface area contributed by atoms with Crippen LogP contribution in [0.5, 0.6) is 11.5 Å². The topological polar surface area (TPSA) is 47.6 Å². The highest BCUT2D eigenvalue weighted by Crippen LogP contribution is 2.26. The van der Waals surface area contributed by atoms with Crippen LogP contribution in [-0.4, -0.2) is 23.4 Å². The zero-order chi connectivity index (χ0) is 16.8. The maximum absolute atomic E-state index is 11.6. The van der Waals surface area contributed by atoms with Crippen molar-refractivity contribution in [3.63, 3.8) is 0 Å². The Hall–Kier alpha value is -2.31. The number of nitrogens with one attached hydrogen (secondary N) is 1. The molecule has 2 aromatic rings. The van der Waals surface area contributed by atoms with E-state index in [1.54, 1.807) is 0 Å². The summed E-state index contributed by atoms with van der Waals surface area (Å²) in [6.07, 6.45) is 1.81. The molecule has 1 saturated heterocycles. The van der Waals surface area contributed by atoms with Crippen molar-refractivity contribution in [3.8, 4) is 11.5 Å². The molecule has 1 aliphatic heterocycles. The molecule has 0 spiro atoms. The van der Waals surface area contributed by atoms with Crippen molar-refractivity contribution in [2.24, 2.45) is 0 Å². The van der Waals surface area contributed by atoms with Crippen molar-refractivity contribution in [1.82, 2.24) is 5.32 Å². The number of carbonyl (C=O) groups is 1. The summed E-state index contributed by atoms with van der Waals surface area (Å²) in [6, 6.07) is 17.1. The van der Waals surface area contributed by atoms with Crippen molar-refractivity contribution < 1.29 is 14.3 Å². The number of ether oxygens (including phenoxy) is 2. The predicted octanol–water partition coefficient (Wildman–Crippen LogP) is 3.63. The van der Waals surface area contributed by atoms with Crippen molar-refractivity contribution in [3.05, 3.63) is 65.1 Å². The third-order valence-corrected chi connectivity index (χ3v) is 4.35. The van der Waals surface area contributed by atoms with Crippen LogP contribution in [0, 0.1) is 0 Å². The van der Waals surface area contributed by atoms with Crippen molar-refractivity contribution in [1.29, 1.82) is 0 Å². The van der Waals surface area contributed by atoms with Crippen LogP contribution in [0.25, 0.3) is 6.08 Å². The zero-order valence-corrected chi connectivity index (χ0v) is 14.4. The van der Waals surface area contributed by atoms with Gasteiger partial charge in [-0.05, 0) is 35.9 Å². The number of amides is 1. The smallest absolute Gasteiger partial charge is 0.263 e. The van der Waals surface area contributed by atoms with E-state index in [0.717, 1.165) is 17.1 Å². The minimum absolute atomic E-state index is 0.150. The molecule has 0 unspecified atom stereocenters. The molecule has 0 aliphatic carbocycles. The van der Waals surface area contributed by atoms with E-state index in [-0.39, 0.29) is 5.91 Å². The highest BCUT2D eigenvalue weighted by molar-refractivity contribution is 8.26. The Morgan fingerprint density at radius 1 is 0.958 bits per heavy atom. The predicted molar refractivity (Wildman–Crippen MR) is 100 cm³/mol. The van der Waals surface area contributed by atoms with E-state index in [4.69, 9.17) is 21.7 Å². The van der Waals surface area contributed by atoms with E-state index >= 15 is 0 Å². The molecule has 0 saturated carbocycles. The van der Waals surface area contributed by atoms with E-state index in [1.165, 1.54) is 11.8 Å². The maximum atomic E-state index is 11.6. The summed E-state index contributed by atoms with van der Waals surface area (Å²) in [4.78, 5) is 12.2. The van der Waals surface area contributed by atoms with Gasteiger partial charge in [0.05, 0.1) is 4.91 Å². The Bertz CT molecular complexity index is 758. The molecule has 0 atom stereocenters. The lowest BCUT2D eigenvalue weighted by Gasteiger charge is -2.08. The first-order chi connectivity index (χ1) is 11.7. The van der Waals surface area contributed by atoms with E-state index in [9.17, 15) is 4.79 Å². The van der Waals surface area contributed by atoms with Crippen molar-refractivity contribution in [2.75, 3.05) is 13.2 Å². The minimum Gasteiger partial charge on any atom is -0.490 e. The lowest BCUT2D eigenvalue weighted by Crippen LogP contribution is -2.17. The lowest BCUT2D eigenvalue weighted by atomic mass is 10.2. The average molecular weight is 357 g/mol. The zero-order valence-electron chi connectivity index (χ0n) is 12.7. The van der Waals surface area contributed by atoms with Gasteiger partial charge >= 0.3 is 0 Å². The molecule has 1 N–H and O–H groups in total. The quantitative estimate of drug-likeness (QED) is 0.486. The fraction of sp³-hybridized carbons (Fsp3) is 0.111. The van der Waals surface area contributed by atoms with Gasteiger partial charge in [-0.15, -0.1) is 0 Å². The summed E-state index contributed by atoms with van der Waals surface area (Å²) in [5.41, 5.74) is 0.922. The van der Waals surface area contributed by atoms with Crippen LogP contribution in [-0.2, 0) is 4.79 Å². The number of benzene rings is 2. The van der Waals surface area contributed by atoms with Crippen LogP contribution in [0.4, 0.5) is 0 Å². The molecule has 1 aliphatic rings. The Kier molecular flexibility index (Phi) is 5.51. The third-order valence-electron chi connectivity index (χ3n) is 3.18. The van der Waals surface area contributed by atoms with Gasteiger partial charge in [0.1, 0.15) is 29.0 Å². The van der Waals surface area contributed by atoms with E-state index in [0.29, 0.717) is 22.4 Å². The van der Waals surface area contributed by atoms with E-state index < -0.39 is 0 Å². The van der Waals surface area contributed by atoms with Crippen molar-refractivity contribution in [2.45, 2.75) is 0 Å². The summed E-state index contributed by atoms with van der Waals surface area (Å²) in [6.45, 7) is 0.936. The van der Waals surface area contributed by atoms with Gasteiger partial charge < -0.3 is 14.8 Å². The summed E-state index contributed by atoms with van der Waals surface area (Å²) in [7, 11) is 0. The fourth-order valence-electron chi connectivity index (χ4n) is 2.07. The molecule has 1 fully saturated rings. The van der Waals surface area contributed by atoms with Gasteiger partial charge in [-0.1, -0.05) is 54.3 Å². The highest BCUT2D eigenvalue weighted by atomic mass is 32.2. The SMILES string of the molecule is O=C1NC(=S)S/C1=C/c1ccc(OCCOc2ccccc2)cc1. The summed E-state index contributed by atoms with van der Waals surface area (Å²) >= 11 is 6.23. The first-order valence-electron chi connectivity index (χ1n) is 7.36. The van der Waals surface area contributed by atoms with Gasteiger partial charge in [-0.25, -0.2) is 0 Å². The molecular formula is C18H15NO3S2. The molecule has 24 heavy (non-hydrogen) atoms. The molecule has 122 valence electrons. The van der Waals surface area contributed by atoms with Gasteiger partial charge in [-0.2, -0.15) is 0 Å². The second-order valence-corrected chi connectivity index (χ2v) is 6.65. The number of para-hydroxylation sites is 1. The molecule has 3 rings (SSSR count). The molecule has 0 aromatic heterocycles. The van der Waals surface area contributed by atoms with Crippen molar-refractivity contribution >= 4 is 40.3 Å². The normalized spacial score (nSPS) is 15.4. The molecule has 2 aromatic carbocycles. The molecule has 6 heteroatoms. The van der Waals surface area contributed by atoms with Gasteiger partial charge in [-0.3, -0.25) is 4.79 Å². The number of carbonyl (C=O) groups excluding carboxylic acids is 1. The molecule has 1 heterocycles. The van der Waals surface area contributed by atoms with Gasteiger partial charge in [0.2, 0.25) is 0 Å². The van der Waals surface area contributed by atoms with Gasteiger partial charge in [0, 0.05) is 0 Å². The van der Waals surface area contributed by atoms with Crippen LogP contribution in [0.2, 0.25) is 0 Å². The Balaban J connectivity index is 1.49. The van der Waals surface area contributed by atoms with Crippen LogP contribution in [0.3, 0.4) is 0 Å². The molecule has 4 nitrogen and oxygen atoms in total. The largest absolute Gasteiger partial charge is 0.490 e. The molecule has 1 amide bonds. The number of hydrogen-bond donors (Lipinski definition) is 1. The Labute approximate surface area is 149 Å². The lowest BCUT2D eigenvalue weighted by molar-refractivity contribution is -0.115. The second kappa shape index (κ2) is 7.99. The number of hydrogen-bond acceptors (Lipinski definition) is 5. The molecular weight excluding hydrogens is 342 g/mol. The summed E-state index contributed by atoms with van der Waals surface area (Å²) in [5.74, 6) is 1.43. The highest BCUT2D eigenvalue weighted by Gasteiger charge is 2.21. The summed E-state index contributed by atoms with van der Waals surface area (Å²) < 4.78 is 11.7. The van der Waals surface area contributed by atoms with Gasteiger partial charge in [0.15, 0.2) is 0 Å². The maximum Gasteiger partial charge on any atom is 0.263 e. The fourth-order valence-corrected chi connectivity index (χ4v) is 3.11. The first kappa shape index (κ1) is 16.5. The van der Waals surface area contributed by atoms with Crippen LogP contribution in [0.1, 0.15) is 5.56 Å². The van der Waals surface area contributed by atoms with Crippen LogP contribution in [0.15, 0.2) is 59.5 Å². The molecule has 0 radical (unpaired) electrons.